The van der Waals surface area contributed by atoms with Crippen molar-refractivity contribution in [2.75, 3.05) is 18.4 Å². The van der Waals surface area contributed by atoms with Crippen LogP contribution in [-0.4, -0.2) is 45.3 Å². The number of nitrogens with one attached hydrogen (secondary N) is 1. The number of halogens is 2. The summed E-state index contributed by atoms with van der Waals surface area (Å²) in [5.41, 5.74) is -0.303. The first-order valence-corrected chi connectivity index (χ1v) is 8.73. The Bertz CT molecular complexity index is 824. The zero-order chi connectivity index (χ0) is 18.8. The van der Waals surface area contributed by atoms with Gasteiger partial charge in [-0.25, -0.2) is 13.6 Å². The summed E-state index contributed by atoms with van der Waals surface area (Å²) >= 11 is 0.837. The van der Waals surface area contributed by atoms with Gasteiger partial charge >= 0.3 is 12.0 Å². The lowest BCUT2D eigenvalue weighted by atomic mass is 9.91. The first-order valence-electron chi connectivity index (χ1n) is 7.91. The van der Waals surface area contributed by atoms with Crippen LogP contribution >= 0.6 is 11.3 Å². The van der Waals surface area contributed by atoms with Gasteiger partial charge in [0.25, 0.3) is 0 Å². The number of aromatic nitrogens is 2. The van der Waals surface area contributed by atoms with E-state index in [2.05, 4.69) is 15.5 Å². The molecular weight excluding hydrogens is 366 g/mol. The minimum absolute atomic E-state index is 0.00586. The van der Waals surface area contributed by atoms with E-state index in [1.807, 2.05) is 6.92 Å². The van der Waals surface area contributed by atoms with Gasteiger partial charge in [-0.05, 0) is 24.5 Å². The van der Waals surface area contributed by atoms with Crippen LogP contribution in [0.1, 0.15) is 13.3 Å². The predicted octanol–water partition coefficient (Wildman–Crippen LogP) is 3.06. The van der Waals surface area contributed by atoms with E-state index in [1.165, 1.54) is 11.0 Å². The minimum atomic E-state index is -0.942. The van der Waals surface area contributed by atoms with Crippen molar-refractivity contribution in [2.45, 2.75) is 13.3 Å². The van der Waals surface area contributed by atoms with Gasteiger partial charge in [0.15, 0.2) is 5.01 Å². The number of rotatable bonds is 3. The Morgan fingerprint density at radius 2 is 1.96 bits per heavy atom. The Hall–Kier alpha value is -2.62. The molecule has 10 heteroatoms. The molecule has 3 rings (SSSR count). The van der Waals surface area contributed by atoms with E-state index in [-0.39, 0.29) is 28.2 Å². The molecule has 2 unspecified atom stereocenters. The van der Waals surface area contributed by atoms with Gasteiger partial charge in [-0.15, -0.1) is 10.2 Å². The minimum Gasteiger partial charge on any atom is -0.481 e. The number of carboxylic acids is 1. The monoisotopic (exact) mass is 382 g/mol. The second kappa shape index (κ2) is 7.32. The standard InChI is InChI=1S/C16H16F2N4O3S/c1-8-5-9(14(23)24)7-22(6-8)16(25)19-15-21-20-13(26-15)12-10(17)3-2-4-11(12)18/h2-4,8-9H,5-7H2,1H3,(H,23,24)(H,19,21,25). The maximum atomic E-state index is 13.8. The fourth-order valence-corrected chi connectivity index (χ4v) is 3.73. The molecule has 0 saturated carbocycles. The van der Waals surface area contributed by atoms with Gasteiger partial charge < -0.3 is 10.0 Å². The number of amides is 2. The third-order valence-electron chi connectivity index (χ3n) is 4.11. The highest BCUT2D eigenvalue weighted by atomic mass is 32.1. The number of carbonyl (C=O) groups excluding carboxylic acids is 1. The second-order valence-electron chi connectivity index (χ2n) is 6.22. The first kappa shape index (κ1) is 18.2. The third kappa shape index (κ3) is 3.79. The van der Waals surface area contributed by atoms with Crippen LogP contribution in [0.5, 0.6) is 0 Å². The van der Waals surface area contributed by atoms with E-state index in [4.69, 9.17) is 0 Å². The van der Waals surface area contributed by atoms with E-state index in [9.17, 15) is 23.5 Å². The van der Waals surface area contributed by atoms with Crippen LogP contribution in [0.15, 0.2) is 18.2 Å². The van der Waals surface area contributed by atoms with Crippen LogP contribution in [0, 0.1) is 23.5 Å². The Morgan fingerprint density at radius 1 is 1.27 bits per heavy atom. The van der Waals surface area contributed by atoms with Gasteiger partial charge in [0, 0.05) is 13.1 Å². The SMILES string of the molecule is CC1CC(C(=O)O)CN(C(=O)Nc2nnc(-c3c(F)cccc3F)s2)C1. The summed E-state index contributed by atoms with van der Waals surface area (Å²) in [5.74, 6) is -3.06. The molecule has 0 spiro atoms. The smallest absolute Gasteiger partial charge is 0.323 e. The van der Waals surface area contributed by atoms with Crippen molar-refractivity contribution in [1.82, 2.24) is 15.1 Å². The number of urea groups is 1. The van der Waals surface area contributed by atoms with Gasteiger partial charge in [-0.1, -0.05) is 24.3 Å². The molecule has 2 heterocycles. The number of aliphatic carboxylic acids is 1. The Labute approximate surface area is 151 Å². The van der Waals surface area contributed by atoms with Crippen LogP contribution < -0.4 is 5.32 Å². The van der Waals surface area contributed by atoms with Crippen LogP contribution in [0.2, 0.25) is 0 Å². The second-order valence-corrected chi connectivity index (χ2v) is 7.20. The number of anilines is 1. The summed E-state index contributed by atoms with van der Waals surface area (Å²) in [5, 5.41) is 19.2. The number of benzene rings is 1. The number of likely N-dealkylation sites (tertiary alicyclic amines) is 1. The molecular formula is C16H16F2N4O3S. The van der Waals surface area contributed by atoms with Gasteiger partial charge in [0.2, 0.25) is 5.13 Å². The Morgan fingerprint density at radius 3 is 2.62 bits per heavy atom. The molecule has 0 aliphatic carbocycles. The third-order valence-corrected chi connectivity index (χ3v) is 4.97. The molecule has 1 aliphatic heterocycles. The highest BCUT2D eigenvalue weighted by Gasteiger charge is 2.32. The Balaban J connectivity index is 1.73. The highest BCUT2D eigenvalue weighted by molar-refractivity contribution is 7.18. The number of hydrogen-bond acceptors (Lipinski definition) is 5. The summed E-state index contributed by atoms with van der Waals surface area (Å²) in [6.45, 7) is 2.39. The molecule has 2 N–H and O–H groups in total. The predicted molar refractivity (Wildman–Crippen MR) is 90.8 cm³/mol. The quantitative estimate of drug-likeness (QED) is 0.851. The lowest BCUT2D eigenvalue weighted by molar-refractivity contribution is -0.143. The lowest BCUT2D eigenvalue weighted by Crippen LogP contribution is -2.47. The van der Waals surface area contributed by atoms with Crippen molar-refractivity contribution in [3.05, 3.63) is 29.8 Å². The normalized spacial score (nSPS) is 20.0. The maximum Gasteiger partial charge on any atom is 0.323 e. The van der Waals surface area contributed by atoms with Gasteiger partial charge in [0.05, 0.1) is 11.5 Å². The Kier molecular flexibility index (Phi) is 5.12. The van der Waals surface area contributed by atoms with Gasteiger partial charge in [-0.3, -0.25) is 10.1 Å². The molecule has 138 valence electrons. The number of hydrogen-bond donors (Lipinski definition) is 2. The zero-order valence-corrected chi connectivity index (χ0v) is 14.6. The lowest BCUT2D eigenvalue weighted by Gasteiger charge is -2.34. The molecule has 0 bridgehead atoms. The average Bonchev–Trinajstić information content (AvgIpc) is 3.02. The van der Waals surface area contributed by atoms with Crippen molar-refractivity contribution >= 4 is 28.5 Å². The molecule has 1 aromatic heterocycles. The molecule has 2 aromatic rings. The summed E-state index contributed by atoms with van der Waals surface area (Å²) in [6.07, 6.45) is 0.509. The summed E-state index contributed by atoms with van der Waals surface area (Å²) in [4.78, 5) is 25.0. The van der Waals surface area contributed by atoms with Crippen molar-refractivity contribution in [3.8, 4) is 10.6 Å². The van der Waals surface area contributed by atoms with Crippen LogP contribution in [0.4, 0.5) is 18.7 Å². The summed E-state index contributed by atoms with van der Waals surface area (Å²) in [6, 6.07) is 2.95. The molecule has 1 fully saturated rings. The van der Waals surface area contributed by atoms with E-state index in [0.29, 0.717) is 13.0 Å². The van der Waals surface area contributed by atoms with Crippen molar-refractivity contribution in [2.24, 2.45) is 11.8 Å². The fourth-order valence-electron chi connectivity index (χ4n) is 2.94. The van der Waals surface area contributed by atoms with Crippen molar-refractivity contribution in [1.29, 1.82) is 0 Å². The van der Waals surface area contributed by atoms with Gasteiger partial charge in [0.1, 0.15) is 11.6 Å². The molecule has 26 heavy (non-hydrogen) atoms. The summed E-state index contributed by atoms with van der Waals surface area (Å²) in [7, 11) is 0. The molecule has 7 nitrogen and oxygen atoms in total. The van der Waals surface area contributed by atoms with Gasteiger partial charge in [-0.2, -0.15) is 0 Å². The molecule has 1 aromatic carbocycles. The van der Waals surface area contributed by atoms with E-state index in [1.54, 1.807) is 0 Å². The van der Waals surface area contributed by atoms with Crippen molar-refractivity contribution < 1.29 is 23.5 Å². The molecule has 2 amide bonds. The van der Waals surface area contributed by atoms with E-state index in [0.717, 1.165) is 23.5 Å². The highest BCUT2D eigenvalue weighted by Crippen LogP contribution is 2.31. The largest absolute Gasteiger partial charge is 0.481 e. The first-order chi connectivity index (χ1) is 12.3. The topological polar surface area (TPSA) is 95.4 Å². The number of piperidine rings is 1. The van der Waals surface area contributed by atoms with Crippen LogP contribution in [-0.2, 0) is 4.79 Å². The molecule has 2 atom stereocenters. The zero-order valence-electron chi connectivity index (χ0n) is 13.8. The maximum absolute atomic E-state index is 13.8. The van der Waals surface area contributed by atoms with E-state index < -0.39 is 29.6 Å². The number of carbonyl (C=O) groups is 2. The molecule has 0 radical (unpaired) electrons. The summed E-state index contributed by atoms with van der Waals surface area (Å²) < 4.78 is 27.6. The van der Waals surface area contributed by atoms with Crippen molar-refractivity contribution in [3.63, 3.8) is 0 Å². The molecule has 1 aliphatic rings. The average molecular weight is 382 g/mol. The molecule has 1 saturated heterocycles. The number of nitrogens with zero attached hydrogens (tertiary/aromatic N) is 3. The van der Waals surface area contributed by atoms with Crippen LogP contribution in [0.3, 0.4) is 0 Å². The van der Waals surface area contributed by atoms with E-state index >= 15 is 0 Å². The number of carboxylic acid groups (broad SMARTS) is 1. The van der Waals surface area contributed by atoms with Crippen LogP contribution in [0.25, 0.3) is 10.6 Å². The fraction of sp³-hybridized carbons (Fsp3) is 0.375.